The second kappa shape index (κ2) is 6.97. The first kappa shape index (κ1) is 16.4. The van der Waals surface area contributed by atoms with Crippen LogP contribution >= 0.6 is 0 Å². The van der Waals surface area contributed by atoms with E-state index in [0.717, 1.165) is 0 Å². The molecule has 0 aromatic heterocycles. The van der Waals surface area contributed by atoms with E-state index in [9.17, 15) is 20.1 Å². The van der Waals surface area contributed by atoms with Crippen molar-refractivity contribution < 1.29 is 24.9 Å². The van der Waals surface area contributed by atoms with Crippen LogP contribution in [0.25, 0.3) is 0 Å². The summed E-state index contributed by atoms with van der Waals surface area (Å²) >= 11 is 0. The van der Waals surface area contributed by atoms with E-state index in [2.05, 4.69) is 5.32 Å². The first-order valence-electron chi connectivity index (χ1n) is 8.09. The number of carbonyl (C=O) groups is 1. The summed E-state index contributed by atoms with van der Waals surface area (Å²) in [6, 6.07) is 6.94. The van der Waals surface area contributed by atoms with Crippen molar-refractivity contribution in [3.8, 4) is 0 Å². The molecule has 1 saturated heterocycles. The third-order valence-corrected chi connectivity index (χ3v) is 4.49. The first-order valence-corrected chi connectivity index (χ1v) is 8.09. The molecule has 126 valence electrons. The van der Waals surface area contributed by atoms with E-state index in [1.54, 1.807) is 24.3 Å². The summed E-state index contributed by atoms with van der Waals surface area (Å²) in [7, 11) is 0. The lowest BCUT2D eigenvalue weighted by Crippen LogP contribution is -2.44. The SMILES string of the molecule is O=C(NCC1CC1)c1cccc(C2OC(CO)C(O)CC2O)c1. The lowest BCUT2D eigenvalue weighted by molar-refractivity contribution is -0.181. The average molecular weight is 321 g/mol. The van der Waals surface area contributed by atoms with E-state index in [-0.39, 0.29) is 18.9 Å². The molecule has 2 fully saturated rings. The molecule has 1 aromatic rings. The Morgan fingerprint density at radius 3 is 2.74 bits per heavy atom. The van der Waals surface area contributed by atoms with Crippen molar-refractivity contribution in [2.75, 3.05) is 13.2 Å². The maximum atomic E-state index is 12.2. The van der Waals surface area contributed by atoms with E-state index in [1.807, 2.05) is 0 Å². The van der Waals surface area contributed by atoms with Gasteiger partial charge in [0.2, 0.25) is 0 Å². The molecule has 1 aromatic carbocycles. The third kappa shape index (κ3) is 3.90. The van der Waals surface area contributed by atoms with Crippen LogP contribution in [0.1, 0.15) is 41.3 Å². The Bertz CT molecular complexity index is 560. The van der Waals surface area contributed by atoms with Gasteiger partial charge in [-0.25, -0.2) is 0 Å². The van der Waals surface area contributed by atoms with Gasteiger partial charge >= 0.3 is 0 Å². The van der Waals surface area contributed by atoms with Crippen LogP contribution in [-0.2, 0) is 4.74 Å². The molecule has 23 heavy (non-hydrogen) atoms. The zero-order chi connectivity index (χ0) is 16.4. The van der Waals surface area contributed by atoms with Crippen LogP contribution in [0.4, 0.5) is 0 Å². The Balaban J connectivity index is 1.71. The van der Waals surface area contributed by atoms with Crippen molar-refractivity contribution in [3.63, 3.8) is 0 Å². The second-order valence-electron chi connectivity index (χ2n) is 6.43. The van der Waals surface area contributed by atoms with Crippen molar-refractivity contribution in [2.45, 2.75) is 43.7 Å². The quantitative estimate of drug-likeness (QED) is 0.628. The van der Waals surface area contributed by atoms with E-state index < -0.39 is 24.4 Å². The average Bonchev–Trinajstić information content (AvgIpc) is 3.37. The Morgan fingerprint density at radius 1 is 1.26 bits per heavy atom. The number of rotatable bonds is 5. The number of carbonyl (C=O) groups excluding carboxylic acids is 1. The van der Waals surface area contributed by atoms with Crippen LogP contribution in [0, 0.1) is 5.92 Å². The van der Waals surface area contributed by atoms with Gasteiger partial charge in [0.05, 0.1) is 18.8 Å². The van der Waals surface area contributed by atoms with Crippen LogP contribution in [0.5, 0.6) is 0 Å². The molecule has 0 bridgehead atoms. The van der Waals surface area contributed by atoms with E-state index in [1.165, 1.54) is 12.8 Å². The predicted octanol–water partition coefficient (Wildman–Crippen LogP) is 0.370. The number of benzene rings is 1. The Hall–Kier alpha value is -1.47. The fraction of sp³-hybridized carbons (Fsp3) is 0.588. The van der Waals surface area contributed by atoms with Gasteiger partial charge in [-0.3, -0.25) is 4.79 Å². The fourth-order valence-electron chi connectivity index (χ4n) is 2.88. The molecule has 2 aliphatic rings. The van der Waals surface area contributed by atoms with Crippen molar-refractivity contribution in [2.24, 2.45) is 5.92 Å². The number of aliphatic hydroxyl groups excluding tert-OH is 3. The van der Waals surface area contributed by atoms with Crippen molar-refractivity contribution in [1.82, 2.24) is 5.32 Å². The number of ether oxygens (including phenoxy) is 1. The van der Waals surface area contributed by atoms with Gasteiger partial charge in [-0.2, -0.15) is 0 Å². The normalized spacial score (nSPS) is 30.9. The van der Waals surface area contributed by atoms with Gasteiger partial charge in [-0.1, -0.05) is 12.1 Å². The zero-order valence-corrected chi connectivity index (χ0v) is 12.9. The largest absolute Gasteiger partial charge is 0.394 e. The number of aliphatic hydroxyl groups is 3. The highest BCUT2D eigenvalue weighted by molar-refractivity contribution is 5.94. The van der Waals surface area contributed by atoms with Gasteiger partial charge in [0.15, 0.2) is 0 Å². The maximum absolute atomic E-state index is 12.2. The summed E-state index contributed by atoms with van der Waals surface area (Å²) in [5, 5.41) is 32.1. The van der Waals surface area contributed by atoms with Gasteiger partial charge in [0.25, 0.3) is 5.91 Å². The maximum Gasteiger partial charge on any atom is 0.251 e. The Labute approximate surface area is 135 Å². The van der Waals surface area contributed by atoms with Crippen LogP contribution < -0.4 is 5.32 Å². The number of hydrogen-bond acceptors (Lipinski definition) is 5. The summed E-state index contributed by atoms with van der Waals surface area (Å²) in [5.74, 6) is 0.472. The van der Waals surface area contributed by atoms with Crippen LogP contribution in [0.2, 0.25) is 0 Å². The highest BCUT2D eigenvalue weighted by Gasteiger charge is 2.36. The molecule has 1 amide bonds. The van der Waals surface area contributed by atoms with Crippen LogP contribution in [0.3, 0.4) is 0 Å². The van der Waals surface area contributed by atoms with Crippen molar-refractivity contribution in [1.29, 1.82) is 0 Å². The minimum Gasteiger partial charge on any atom is -0.394 e. The van der Waals surface area contributed by atoms with Crippen LogP contribution in [0.15, 0.2) is 24.3 Å². The van der Waals surface area contributed by atoms with E-state index >= 15 is 0 Å². The monoisotopic (exact) mass is 321 g/mol. The van der Waals surface area contributed by atoms with Gasteiger partial charge in [-0.05, 0) is 36.5 Å². The molecule has 4 atom stereocenters. The minimum absolute atomic E-state index is 0.133. The molecular weight excluding hydrogens is 298 g/mol. The summed E-state index contributed by atoms with van der Waals surface area (Å²) in [6.07, 6.45) is -0.675. The second-order valence-corrected chi connectivity index (χ2v) is 6.43. The standard InChI is InChI=1S/C17H23NO5/c19-9-15-13(20)7-14(21)16(23-15)11-2-1-3-12(6-11)17(22)18-8-10-4-5-10/h1-3,6,10,13-16,19-21H,4-5,7-9H2,(H,18,22). The van der Waals surface area contributed by atoms with Gasteiger partial charge in [0.1, 0.15) is 12.2 Å². The topological polar surface area (TPSA) is 99.0 Å². The summed E-state index contributed by atoms with van der Waals surface area (Å²) in [5.41, 5.74) is 1.19. The van der Waals surface area contributed by atoms with Gasteiger partial charge < -0.3 is 25.4 Å². The molecule has 6 heteroatoms. The Morgan fingerprint density at radius 2 is 2.04 bits per heavy atom. The molecule has 4 unspecified atom stereocenters. The molecule has 1 aliphatic heterocycles. The van der Waals surface area contributed by atoms with Gasteiger partial charge in [-0.15, -0.1) is 0 Å². The Kier molecular flexibility index (Phi) is 4.96. The van der Waals surface area contributed by atoms with E-state index in [4.69, 9.17) is 4.74 Å². The molecule has 3 rings (SSSR count). The molecule has 1 heterocycles. The highest BCUT2D eigenvalue weighted by Crippen LogP contribution is 2.32. The molecule has 6 nitrogen and oxygen atoms in total. The molecule has 1 aliphatic carbocycles. The summed E-state index contributed by atoms with van der Waals surface area (Å²) in [6.45, 7) is 0.385. The van der Waals surface area contributed by atoms with Crippen molar-refractivity contribution >= 4 is 5.91 Å². The first-order chi connectivity index (χ1) is 11.1. The predicted molar refractivity (Wildman–Crippen MR) is 82.8 cm³/mol. The van der Waals surface area contributed by atoms with Crippen molar-refractivity contribution in [3.05, 3.63) is 35.4 Å². The number of hydrogen-bond donors (Lipinski definition) is 4. The summed E-state index contributed by atoms with van der Waals surface area (Å²) < 4.78 is 5.61. The number of nitrogens with one attached hydrogen (secondary N) is 1. The fourth-order valence-corrected chi connectivity index (χ4v) is 2.88. The number of amides is 1. The van der Waals surface area contributed by atoms with Gasteiger partial charge in [0, 0.05) is 18.5 Å². The molecular formula is C17H23NO5. The van der Waals surface area contributed by atoms with Crippen LogP contribution in [-0.4, -0.2) is 52.7 Å². The third-order valence-electron chi connectivity index (χ3n) is 4.49. The lowest BCUT2D eigenvalue weighted by Gasteiger charge is -2.36. The zero-order valence-electron chi connectivity index (χ0n) is 12.9. The lowest BCUT2D eigenvalue weighted by atomic mass is 9.93. The molecule has 1 saturated carbocycles. The summed E-state index contributed by atoms with van der Waals surface area (Å²) in [4.78, 5) is 12.2. The minimum atomic E-state index is -0.892. The molecule has 0 radical (unpaired) electrons. The van der Waals surface area contributed by atoms with E-state index in [0.29, 0.717) is 23.6 Å². The smallest absolute Gasteiger partial charge is 0.251 e. The molecule has 0 spiro atoms. The highest BCUT2D eigenvalue weighted by atomic mass is 16.5. The molecule has 4 N–H and O–H groups in total.